The van der Waals surface area contributed by atoms with Gasteiger partial charge in [0.15, 0.2) is 5.82 Å². The van der Waals surface area contributed by atoms with E-state index < -0.39 is 0 Å². The van der Waals surface area contributed by atoms with E-state index in [1.165, 1.54) is 7.11 Å². The molecule has 7 heteroatoms. The Kier molecular flexibility index (Phi) is 2.75. The van der Waals surface area contributed by atoms with Crippen molar-refractivity contribution >= 4 is 11.8 Å². The third-order valence-electron chi connectivity index (χ3n) is 2.68. The first-order valence-electron chi connectivity index (χ1n) is 5.36. The monoisotopic (exact) mass is 262 g/mol. The third-order valence-corrected chi connectivity index (χ3v) is 3.65. The molecule has 0 bridgehead atoms. The number of ether oxygens (including phenoxy) is 1. The first-order chi connectivity index (χ1) is 8.78. The predicted molar refractivity (Wildman–Crippen MR) is 67.4 cm³/mol. The summed E-state index contributed by atoms with van der Waals surface area (Å²) in [7, 11) is 1.52. The van der Waals surface area contributed by atoms with Gasteiger partial charge in [0.05, 0.1) is 12.8 Å². The van der Waals surface area contributed by atoms with Crippen LogP contribution in [0.25, 0.3) is 11.5 Å². The second-order valence-corrected chi connectivity index (χ2v) is 4.78. The van der Waals surface area contributed by atoms with Crippen molar-refractivity contribution in [1.29, 1.82) is 0 Å². The summed E-state index contributed by atoms with van der Waals surface area (Å²) in [5, 5.41) is 7.83. The minimum atomic E-state index is -0.0855. The Bertz CT molecular complexity index is 638. The molecule has 0 aliphatic carbocycles. The van der Waals surface area contributed by atoms with Crippen LogP contribution >= 0.6 is 11.8 Å². The van der Waals surface area contributed by atoms with Gasteiger partial charge in [0.1, 0.15) is 5.69 Å². The van der Waals surface area contributed by atoms with Gasteiger partial charge >= 0.3 is 0 Å². The molecule has 3 heterocycles. The molecule has 2 aromatic heterocycles. The zero-order chi connectivity index (χ0) is 12.5. The van der Waals surface area contributed by atoms with Gasteiger partial charge in [-0.3, -0.25) is 4.79 Å². The molecule has 1 N–H and O–H groups in total. The molecule has 0 spiro atoms. The highest BCUT2D eigenvalue weighted by Gasteiger charge is 2.18. The van der Waals surface area contributed by atoms with Crippen LogP contribution in [0, 0.1) is 0 Å². The lowest BCUT2D eigenvalue weighted by Crippen LogP contribution is -2.15. The topological polar surface area (TPSA) is 80.8 Å². The number of nitrogens with one attached hydrogen (secondary N) is 1. The van der Waals surface area contributed by atoms with Crippen LogP contribution in [0.2, 0.25) is 0 Å². The van der Waals surface area contributed by atoms with Crippen molar-refractivity contribution in [2.45, 2.75) is 11.5 Å². The summed E-state index contributed by atoms with van der Waals surface area (Å²) in [6.45, 7) is 0. The summed E-state index contributed by atoms with van der Waals surface area (Å²) >= 11 is 1.69. The van der Waals surface area contributed by atoms with Crippen LogP contribution in [-0.4, -0.2) is 27.3 Å². The first kappa shape index (κ1) is 11.2. The standard InChI is InChI=1S/C11H10N4O2S/c1-17-9-3-2-7(14-15-9)10-12-8-5-18-4-6(8)11(16)13-10/h2-3H,4-5H2,1H3,(H,12,13,16). The zero-order valence-corrected chi connectivity index (χ0v) is 10.5. The lowest BCUT2D eigenvalue weighted by Gasteiger charge is -2.03. The molecule has 18 heavy (non-hydrogen) atoms. The van der Waals surface area contributed by atoms with E-state index in [-0.39, 0.29) is 5.56 Å². The molecule has 0 aromatic carbocycles. The van der Waals surface area contributed by atoms with Crippen LogP contribution < -0.4 is 10.3 Å². The summed E-state index contributed by atoms with van der Waals surface area (Å²) < 4.78 is 4.93. The number of thioether (sulfide) groups is 1. The lowest BCUT2D eigenvalue weighted by molar-refractivity contribution is 0.392. The molecular formula is C11H10N4O2S. The number of methoxy groups -OCH3 is 1. The fraction of sp³-hybridized carbons (Fsp3) is 0.273. The van der Waals surface area contributed by atoms with Gasteiger partial charge in [0.25, 0.3) is 5.56 Å². The third kappa shape index (κ3) is 1.86. The average Bonchev–Trinajstić information content (AvgIpc) is 2.88. The zero-order valence-electron chi connectivity index (χ0n) is 9.64. The highest BCUT2D eigenvalue weighted by atomic mass is 32.2. The maximum Gasteiger partial charge on any atom is 0.255 e. The van der Waals surface area contributed by atoms with E-state index >= 15 is 0 Å². The molecule has 0 saturated carbocycles. The maximum absolute atomic E-state index is 11.8. The normalized spacial score (nSPS) is 13.4. The Labute approximate surface area is 107 Å². The first-order valence-corrected chi connectivity index (χ1v) is 6.51. The van der Waals surface area contributed by atoms with Gasteiger partial charge in [-0.05, 0) is 6.07 Å². The van der Waals surface area contributed by atoms with Crippen LogP contribution in [0.3, 0.4) is 0 Å². The average molecular weight is 262 g/mol. The highest BCUT2D eigenvalue weighted by molar-refractivity contribution is 7.98. The van der Waals surface area contributed by atoms with E-state index in [9.17, 15) is 4.79 Å². The molecule has 2 aromatic rings. The van der Waals surface area contributed by atoms with E-state index in [1.54, 1.807) is 23.9 Å². The van der Waals surface area contributed by atoms with Crippen molar-refractivity contribution in [1.82, 2.24) is 20.2 Å². The molecule has 6 nitrogen and oxygen atoms in total. The molecule has 1 aliphatic heterocycles. The lowest BCUT2D eigenvalue weighted by atomic mass is 10.2. The van der Waals surface area contributed by atoms with E-state index in [1.807, 2.05) is 0 Å². The summed E-state index contributed by atoms with van der Waals surface area (Å²) in [4.78, 5) is 19.0. The molecule has 0 atom stereocenters. The number of rotatable bonds is 2. The minimum absolute atomic E-state index is 0.0855. The molecular weight excluding hydrogens is 252 g/mol. The molecule has 0 unspecified atom stereocenters. The fourth-order valence-corrected chi connectivity index (χ4v) is 2.77. The van der Waals surface area contributed by atoms with Crippen LogP contribution in [0.4, 0.5) is 0 Å². The van der Waals surface area contributed by atoms with Crippen molar-refractivity contribution < 1.29 is 4.74 Å². The van der Waals surface area contributed by atoms with Crippen molar-refractivity contribution in [2.75, 3.05) is 7.11 Å². The Morgan fingerprint density at radius 1 is 1.33 bits per heavy atom. The number of aromatic nitrogens is 4. The Hall–Kier alpha value is -1.89. The van der Waals surface area contributed by atoms with Crippen molar-refractivity contribution in [3.05, 3.63) is 33.7 Å². The summed E-state index contributed by atoms with van der Waals surface area (Å²) in [5.74, 6) is 2.39. The number of aromatic amines is 1. The molecule has 3 rings (SSSR count). The van der Waals surface area contributed by atoms with E-state index in [0.29, 0.717) is 17.4 Å². The Morgan fingerprint density at radius 3 is 2.94 bits per heavy atom. The van der Waals surface area contributed by atoms with Gasteiger partial charge in [-0.1, -0.05) is 0 Å². The van der Waals surface area contributed by atoms with Crippen molar-refractivity contribution in [3.8, 4) is 17.4 Å². The molecule has 92 valence electrons. The second kappa shape index (κ2) is 4.41. The molecule has 0 fully saturated rings. The number of H-pyrrole nitrogens is 1. The predicted octanol–water partition coefficient (Wildman–Crippen LogP) is 0.982. The smallest absolute Gasteiger partial charge is 0.255 e. The molecule has 0 amide bonds. The van der Waals surface area contributed by atoms with Gasteiger partial charge in [0.2, 0.25) is 5.88 Å². The van der Waals surface area contributed by atoms with Crippen LogP contribution in [0.15, 0.2) is 16.9 Å². The van der Waals surface area contributed by atoms with Gasteiger partial charge in [-0.15, -0.1) is 10.2 Å². The quantitative estimate of drug-likeness (QED) is 0.869. The minimum Gasteiger partial charge on any atom is -0.480 e. The van der Waals surface area contributed by atoms with E-state index in [4.69, 9.17) is 4.74 Å². The van der Waals surface area contributed by atoms with Crippen molar-refractivity contribution in [2.24, 2.45) is 0 Å². The van der Waals surface area contributed by atoms with Gasteiger partial charge in [-0.2, -0.15) is 11.8 Å². The molecule has 0 saturated heterocycles. The summed E-state index contributed by atoms with van der Waals surface area (Å²) in [6.07, 6.45) is 0. The SMILES string of the molecule is COc1ccc(-c2nc3c(c(=O)[nH]2)CSC3)nn1. The number of fused-ring (bicyclic) bond motifs is 1. The number of hydrogen-bond acceptors (Lipinski definition) is 6. The Morgan fingerprint density at radius 2 is 2.22 bits per heavy atom. The van der Waals surface area contributed by atoms with Gasteiger partial charge in [-0.25, -0.2) is 4.98 Å². The van der Waals surface area contributed by atoms with Crippen LogP contribution in [0.5, 0.6) is 5.88 Å². The van der Waals surface area contributed by atoms with Crippen LogP contribution in [-0.2, 0) is 11.5 Å². The van der Waals surface area contributed by atoms with Gasteiger partial charge < -0.3 is 9.72 Å². The summed E-state index contributed by atoms with van der Waals surface area (Å²) in [5.41, 5.74) is 2.06. The fourth-order valence-electron chi connectivity index (χ4n) is 1.74. The highest BCUT2D eigenvalue weighted by Crippen LogP contribution is 2.26. The van der Waals surface area contributed by atoms with Crippen LogP contribution in [0.1, 0.15) is 11.3 Å². The second-order valence-electron chi connectivity index (χ2n) is 3.79. The maximum atomic E-state index is 11.8. The molecule has 0 radical (unpaired) electrons. The van der Waals surface area contributed by atoms with Gasteiger partial charge in [0, 0.05) is 23.1 Å². The number of hydrogen-bond donors (Lipinski definition) is 1. The molecule has 1 aliphatic rings. The number of nitrogens with zero attached hydrogens (tertiary/aromatic N) is 3. The Balaban J connectivity index is 2.06. The van der Waals surface area contributed by atoms with E-state index in [2.05, 4.69) is 20.2 Å². The largest absolute Gasteiger partial charge is 0.480 e. The summed E-state index contributed by atoms with van der Waals surface area (Å²) in [6, 6.07) is 3.41. The van der Waals surface area contributed by atoms with E-state index in [0.717, 1.165) is 22.8 Å². The van der Waals surface area contributed by atoms with Crippen molar-refractivity contribution in [3.63, 3.8) is 0 Å².